The van der Waals surface area contributed by atoms with Crippen molar-refractivity contribution in [2.45, 2.75) is 39.2 Å². The Hall–Kier alpha value is -1.32. The second-order valence-electron chi connectivity index (χ2n) is 3.88. The van der Waals surface area contributed by atoms with Gasteiger partial charge in [0.25, 0.3) is 0 Å². The second-order valence-corrected chi connectivity index (χ2v) is 3.88. The van der Waals surface area contributed by atoms with Gasteiger partial charge in [0.1, 0.15) is 0 Å². The van der Waals surface area contributed by atoms with Gasteiger partial charge in [-0.25, -0.2) is 4.98 Å². The molecule has 1 aromatic rings. The van der Waals surface area contributed by atoms with Gasteiger partial charge in [-0.05, 0) is 33.1 Å². The van der Waals surface area contributed by atoms with Gasteiger partial charge in [0, 0.05) is 17.8 Å². The summed E-state index contributed by atoms with van der Waals surface area (Å²) in [6.07, 6.45) is 3.75. The summed E-state index contributed by atoms with van der Waals surface area (Å²) in [6.45, 7) is 4.55. The Kier molecular flexibility index (Phi) is 3.04. The Labute approximate surface area is 90.1 Å². The lowest BCUT2D eigenvalue weighted by Gasteiger charge is -2.26. The molecule has 1 fully saturated rings. The van der Waals surface area contributed by atoms with Crippen molar-refractivity contribution in [3.63, 3.8) is 0 Å². The number of nitrogens with one attached hydrogen (secondary N) is 1. The van der Waals surface area contributed by atoms with Gasteiger partial charge >= 0.3 is 0 Å². The van der Waals surface area contributed by atoms with E-state index in [1.165, 1.54) is 19.3 Å². The quantitative estimate of drug-likeness (QED) is 0.821. The van der Waals surface area contributed by atoms with Crippen molar-refractivity contribution in [3.8, 4) is 5.88 Å². The monoisotopic (exact) mass is 207 g/mol. The highest BCUT2D eigenvalue weighted by molar-refractivity contribution is 5.32. The molecule has 0 spiro atoms. The van der Waals surface area contributed by atoms with E-state index in [2.05, 4.69) is 15.3 Å². The van der Waals surface area contributed by atoms with Crippen LogP contribution in [0.15, 0.2) is 6.07 Å². The van der Waals surface area contributed by atoms with Gasteiger partial charge in [0.05, 0.1) is 6.61 Å². The molecule has 82 valence electrons. The number of aryl methyl sites for hydroxylation is 1. The molecule has 1 saturated carbocycles. The normalized spacial score (nSPS) is 15.9. The van der Waals surface area contributed by atoms with E-state index in [1.807, 2.05) is 19.9 Å². The first-order valence-corrected chi connectivity index (χ1v) is 5.53. The predicted octanol–water partition coefficient (Wildman–Crippen LogP) is 2.15. The summed E-state index contributed by atoms with van der Waals surface area (Å²) in [6, 6.07) is 2.41. The Morgan fingerprint density at radius 3 is 2.87 bits per heavy atom. The van der Waals surface area contributed by atoms with Gasteiger partial charge in [-0.1, -0.05) is 0 Å². The number of hydrogen-bond acceptors (Lipinski definition) is 4. The van der Waals surface area contributed by atoms with Crippen LogP contribution >= 0.6 is 0 Å². The van der Waals surface area contributed by atoms with Crippen LogP contribution in [0.4, 0.5) is 5.95 Å². The van der Waals surface area contributed by atoms with Crippen LogP contribution in [-0.4, -0.2) is 22.6 Å². The molecule has 0 unspecified atom stereocenters. The van der Waals surface area contributed by atoms with Crippen LogP contribution in [0.2, 0.25) is 0 Å². The van der Waals surface area contributed by atoms with E-state index in [0.717, 1.165) is 5.69 Å². The minimum atomic E-state index is 0.557. The summed E-state index contributed by atoms with van der Waals surface area (Å²) in [5, 5.41) is 3.32. The van der Waals surface area contributed by atoms with E-state index in [-0.39, 0.29) is 0 Å². The van der Waals surface area contributed by atoms with Gasteiger partial charge in [-0.15, -0.1) is 0 Å². The van der Waals surface area contributed by atoms with Gasteiger partial charge in [0.15, 0.2) is 0 Å². The minimum Gasteiger partial charge on any atom is -0.478 e. The maximum atomic E-state index is 5.37. The summed E-state index contributed by atoms with van der Waals surface area (Å²) in [5.74, 6) is 1.36. The number of aromatic nitrogens is 2. The highest BCUT2D eigenvalue weighted by Crippen LogP contribution is 2.22. The SMILES string of the molecule is CCOc1cc(C)nc(NC2CCC2)n1. The molecule has 0 aromatic carbocycles. The van der Waals surface area contributed by atoms with Crippen molar-refractivity contribution in [1.29, 1.82) is 0 Å². The third kappa shape index (κ3) is 2.58. The lowest BCUT2D eigenvalue weighted by atomic mass is 9.93. The first kappa shape index (κ1) is 10.2. The molecule has 1 heterocycles. The van der Waals surface area contributed by atoms with Crippen LogP contribution in [0.1, 0.15) is 31.9 Å². The zero-order chi connectivity index (χ0) is 10.7. The second kappa shape index (κ2) is 4.47. The lowest BCUT2D eigenvalue weighted by Crippen LogP contribution is -2.28. The molecule has 0 atom stereocenters. The number of hydrogen-bond donors (Lipinski definition) is 1. The molecule has 0 amide bonds. The molecule has 1 aromatic heterocycles. The maximum absolute atomic E-state index is 5.37. The summed E-state index contributed by atoms with van der Waals surface area (Å²) < 4.78 is 5.37. The van der Waals surface area contributed by atoms with Crippen molar-refractivity contribution in [2.75, 3.05) is 11.9 Å². The van der Waals surface area contributed by atoms with Crippen LogP contribution in [-0.2, 0) is 0 Å². The smallest absolute Gasteiger partial charge is 0.226 e. The van der Waals surface area contributed by atoms with Crippen molar-refractivity contribution in [2.24, 2.45) is 0 Å². The highest BCUT2D eigenvalue weighted by Gasteiger charge is 2.18. The fraction of sp³-hybridized carbons (Fsp3) is 0.636. The fourth-order valence-corrected chi connectivity index (χ4v) is 1.56. The highest BCUT2D eigenvalue weighted by atomic mass is 16.5. The average molecular weight is 207 g/mol. The number of rotatable bonds is 4. The lowest BCUT2D eigenvalue weighted by molar-refractivity contribution is 0.326. The zero-order valence-corrected chi connectivity index (χ0v) is 9.29. The summed E-state index contributed by atoms with van der Waals surface area (Å²) in [4.78, 5) is 8.64. The minimum absolute atomic E-state index is 0.557. The molecular formula is C11H17N3O. The van der Waals surface area contributed by atoms with E-state index >= 15 is 0 Å². The maximum Gasteiger partial charge on any atom is 0.226 e. The summed E-state index contributed by atoms with van der Waals surface area (Å²) in [5.41, 5.74) is 0.940. The number of anilines is 1. The van der Waals surface area contributed by atoms with Crippen LogP contribution in [0.25, 0.3) is 0 Å². The molecule has 1 N–H and O–H groups in total. The van der Waals surface area contributed by atoms with Gasteiger partial charge < -0.3 is 10.1 Å². The van der Waals surface area contributed by atoms with Crippen molar-refractivity contribution in [3.05, 3.63) is 11.8 Å². The Balaban J connectivity index is 2.07. The molecule has 4 heteroatoms. The van der Waals surface area contributed by atoms with E-state index in [1.54, 1.807) is 0 Å². The first-order chi connectivity index (χ1) is 7.28. The summed E-state index contributed by atoms with van der Waals surface area (Å²) in [7, 11) is 0. The zero-order valence-electron chi connectivity index (χ0n) is 9.29. The van der Waals surface area contributed by atoms with Gasteiger partial charge in [0.2, 0.25) is 11.8 Å². The molecule has 0 bridgehead atoms. The molecule has 0 saturated heterocycles. The number of nitrogens with zero attached hydrogens (tertiary/aromatic N) is 2. The molecule has 4 nitrogen and oxygen atoms in total. The van der Waals surface area contributed by atoms with E-state index in [0.29, 0.717) is 24.5 Å². The van der Waals surface area contributed by atoms with Crippen molar-refractivity contribution in [1.82, 2.24) is 9.97 Å². The summed E-state index contributed by atoms with van der Waals surface area (Å²) >= 11 is 0. The predicted molar refractivity (Wildman–Crippen MR) is 59.2 cm³/mol. The molecule has 0 aliphatic heterocycles. The van der Waals surface area contributed by atoms with E-state index in [4.69, 9.17) is 4.74 Å². The third-order valence-electron chi connectivity index (χ3n) is 2.56. The average Bonchev–Trinajstić information content (AvgIpc) is 2.11. The molecule has 1 aliphatic rings. The number of ether oxygens (including phenoxy) is 1. The topological polar surface area (TPSA) is 47.0 Å². The van der Waals surface area contributed by atoms with Crippen LogP contribution in [0, 0.1) is 6.92 Å². The van der Waals surface area contributed by atoms with Crippen LogP contribution < -0.4 is 10.1 Å². The van der Waals surface area contributed by atoms with E-state index < -0.39 is 0 Å². The Morgan fingerprint density at radius 1 is 1.47 bits per heavy atom. The molecule has 2 rings (SSSR count). The third-order valence-corrected chi connectivity index (χ3v) is 2.56. The molecular weight excluding hydrogens is 190 g/mol. The van der Waals surface area contributed by atoms with Gasteiger partial charge in [-0.3, -0.25) is 0 Å². The van der Waals surface area contributed by atoms with Crippen molar-refractivity contribution >= 4 is 5.95 Å². The fourth-order valence-electron chi connectivity index (χ4n) is 1.56. The standard InChI is InChI=1S/C11H17N3O/c1-3-15-10-7-8(2)12-11(14-10)13-9-5-4-6-9/h7,9H,3-6H2,1-2H3,(H,12,13,14). The Morgan fingerprint density at radius 2 is 2.27 bits per heavy atom. The van der Waals surface area contributed by atoms with Crippen molar-refractivity contribution < 1.29 is 4.74 Å². The van der Waals surface area contributed by atoms with E-state index in [9.17, 15) is 0 Å². The molecule has 15 heavy (non-hydrogen) atoms. The van der Waals surface area contributed by atoms with Crippen LogP contribution in [0.3, 0.4) is 0 Å². The molecule has 0 radical (unpaired) electrons. The first-order valence-electron chi connectivity index (χ1n) is 5.53. The molecule has 1 aliphatic carbocycles. The van der Waals surface area contributed by atoms with Gasteiger partial charge in [-0.2, -0.15) is 4.98 Å². The Bertz CT molecular complexity index is 337. The largest absolute Gasteiger partial charge is 0.478 e. The van der Waals surface area contributed by atoms with Crippen LogP contribution in [0.5, 0.6) is 5.88 Å².